The summed E-state index contributed by atoms with van der Waals surface area (Å²) >= 11 is 5.75. The normalized spacial score (nSPS) is 13.8. The molecule has 0 radical (unpaired) electrons. The van der Waals surface area contributed by atoms with Crippen LogP contribution in [0.25, 0.3) is 0 Å². The van der Waals surface area contributed by atoms with Crippen molar-refractivity contribution in [3.63, 3.8) is 0 Å². The molecule has 0 saturated carbocycles. The predicted molar refractivity (Wildman–Crippen MR) is 72.5 cm³/mol. The standard InChI is InChI=1S/C12H21ClN4/c1-9(12(2,3)8-17(4)5)16-11-14-6-10(13)7-15-11/h6-7,9H,8H2,1-5H3,(H,14,15,16). The van der Waals surface area contributed by atoms with E-state index in [-0.39, 0.29) is 11.5 Å². The number of hydrogen-bond acceptors (Lipinski definition) is 4. The van der Waals surface area contributed by atoms with Crippen molar-refractivity contribution < 1.29 is 0 Å². The fourth-order valence-electron chi connectivity index (χ4n) is 1.73. The number of nitrogens with zero attached hydrogens (tertiary/aromatic N) is 3. The van der Waals surface area contributed by atoms with Gasteiger partial charge in [-0.1, -0.05) is 25.4 Å². The van der Waals surface area contributed by atoms with Crippen molar-refractivity contribution in [2.24, 2.45) is 5.41 Å². The van der Waals surface area contributed by atoms with E-state index >= 15 is 0 Å². The summed E-state index contributed by atoms with van der Waals surface area (Å²) in [6.07, 6.45) is 3.20. The lowest BCUT2D eigenvalue weighted by atomic mass is 9.85. The van der Waals surface area contributed by atoms with Gasteiger partial charge in [-0.15, -0.1) is 0 Å². The maximum atomic E-state index is 5.75. The molecule has 0 aliphatic heterocycles. The van der Waals surface area contributed by atoms with E-state index in [9.17, 15) is 0 Å². The summed E-state index contributed by atoms with van der Waals surface area (Å²) in [5.74, 6) is 0.619. The zero-order chi connectivity index (χ0) is 13.1. The first-order valence-corrected chi connectivity index (χ1v) is 6.08. The van der Waals surface area contributed by atoms with Crippen LogP contribution in [0.2, 0.25) is 5.02 Å². The summed E-state index contributed by atoms with van der Waals surface area (Å²) in [5.41, 5.74) is 0.131. The summed E-state index contributed by atoms with van der Waals surface area (Å²) in [7, 11) is 4.15. The lowest BCUT2D eigenvalue weighted by Gasteiger charge is -2.34. The first-order valence-electron chi connectivity index (χ1n) is 5.70. The molecule has 0 aliphatic rings. The minimum atomic E-state index is 0.131. The van der Waals surface area contributed by atoms with Crippen LogP contribution < -0.4 is 5.32 Å². The van der Waals surface area contributed by atoms with Gasteiger partial charge in [0.25, 0.3) is 0 Å². The van der Waals surface area contributed by atoms with E-state index in [0.29, 0.717) is 11.0 Å². The highest BCUT2D eigenvalue weighted by Crippen LogP contribution is 2.23. The van der Waals surface area contributed by atoms with Gasteiger partial charge in [-0.05, 0) is 26.4 Å². The largest absolute Gasteiger partial charge is 0.351 e. The Morgan fingerprint density at radius 2 is 1.88 bits per heavy atom. The van der Waals surface area contributed by atoms with Crippen molar-refractivity contribution in [1.29, 1.82) is 0 Å². The molecule has 1 atom stereocenters. The number of hydrogen-bond donors (Lipinski definition) is 1. The first-order chi connectivity index (χ1) is 7.81. The molecule has 1 heterocycles. The number of halogens is 1. The fraction of sp³-hybridized carbons (Fsp3) is 0.667. The highest BCUT2D eigenvalue weighted by Gasteiger charge is 2.26. The Hall–Kier alpha value is -0.870. The van der Waals surface area contributed by atoms with Gasteiger partial charge in [0.2, 0.25) is 5.95 Å². The Balaban J connectivity index is 2.64. The highest BCUT2D eigenvalue weighted by molar-refractivity contribution is 6.30. The van der Waals surface area contributed by atoms with Gasteiger partial charge in [0.15, 0.2) is 0 Å². The van der Waals surface area contributed by atoms with Gasteiger partial charge in [0, 0.05) is 12.6 Å². The second-order valence-corrected chi connectivity index (χ2v) is 5.75. The SMILES string of the molecule is CC(Nc1ncc(Cl)cn1)C(C)(C)CN(C)C. The van der Waals surface area contributed by atoms with E-state index in [4.69, 9.17) is 11.6 Å². The van der Waals surface area contributed by atoms with Crippen LogP contribution in [0, 0.1) is 5.41 Å². The van der Waals surface area contributed by atoms with E-state index in [2.05, 4.69) is 55.1 Å². The van der Waals surface area contributed by atoms with Crippen LogP contribution >= 0.6 is 11.6 Å². The summed E-state index contributed by atoms with van der Waals surface area (Å²) in [4.78, 5) is 10.5. The zero-order valence-corrected chi connectivity index (χ0v) is 11.9. The lowest BCUT2D eigenvalue weighted by Crippen LogP contribution is -2.41. The molecule has 96 valence electrons. The van der Waals surface area contributed by atoms with Gasteiger partial charge in [-0.2, -0.15) is 0 Å². The van der Waals surface area contributed by atoms with Gasteiger partial charge >= 0.3 is 0 Å². The lowest BCUT2D eigenvalue weighted by molar-refractivity contribution is 0.217. The number of rotatable bonds is 5. The van der Waals surface area contributed by atoms with Crippen molar-refractivity contribution in [3.05, 3.63) is 17.4 Å². The predicted octanol–water partition coefficient (Wildman–Crippen LogP) is 2.52. The first kappa shape index (κ1) is 14.2. The van der Waals surface area contributed by atoms with Crippen molar-refractivity contribution in [2.75, 3.05) is 26.0 Å². The van der Waals surface area contributed by atoms with Crippen LogP contribution in [-0.2, 0) is 0 Å². The average Bonchev–Trinajstić information content (AvgIpc) is 2.19. The van der Waals surface area contributed by atoms with Crippen LogP contribution in [0.3, 0.4) is 0 Å². The number of aromatic nitrogens is 2. The topological polar surface area (TPSA) is 41.1 Å². The van der Waals surface area contributed by atoms with Crippen LogP contribution in [0.15, 0.2) is 12.4 Å². The third kappa shape index (κ3) is 4.48. The van der Waals surface area contributed by atoms with Crippen molar-refractivity contribution >= 4 is 17.5 Å². The Kier molecular flexibility index (Phi) is 4.71. The second-order valence-electron chi connectivity index (χ2n) is 5.32. The van der Waals surface area contributed by atoms with E-state index < -0.39 is 0 Å². The summed E-state index contributed by atoms with van der Waals surface area (Å²) in [6.45, 7) is 7.58. The molecule has 5 heteroatoms. The molecule has 0 aliphatic carbocycles. The average molecular weight is 257 g/mol. The monoisotopic (exact) mass is 256 g/mol. The molecule has 0 fully saturated rings. The van der Waals surface area contributed by atoms with Crippen molar-refractivity contribution in [1.82, 2.24) is 14.9 Å². The second kappa shape index (κ2) is 5.65. The number of nitrogens with one attached hydrogen (secondary N) is 1. The number of anilines is 1. The summed E-state index contributed by atoms with van der Waals surface area (Å²) in [5, 5.41) is 3.86. The third-order valence-electron chi connectivity index (χ3n) is 2.86. The smallest absolute Gasteiger partial charge is 0.222 e. The Morgan fingerprint density at radius 1 is 1.35 bits per heavy atom. The maximum absolute atomic E-state index is 5.75. The van der Waals surface area contributed by atoms with E-state index in [1.807, 2.05) is 0 Å². The van der Waals surface area contributed by atoms with Crippen LogP contribution in [0.5, 0.6) is 0 Å². The van der Waals surface area contributed by atoms with Crippen LogP contribution in [0.1, 0.15) is 20.8 Å². The van der Waals surface area contributed by atoms with E-state index in [0.717, 1.165) is 6.54 Å². The van der Waals surface area contributed by atoms with Gasteiger partial charge in [0.05, 0.1) is 17.4 Å². The molecule has 0 bridgehead atoms. The Labute approximate surface area is 108 Å². The molecule has 0 aromatic carbocycles. The van der Waals surface area contributed by atoms with Crippen molar-refractivity contribution in [3.8, 4) is 0 Å². The van der Waals surface area contributed by atoms with Gasteiger partial charge in [-0.25, -0.2) is 9.97 Å². The summed E-state index contributed by atoms with van der Waals surface area (Å²) in [6, 6.07) is 0.270. The van der Waals surface area contributed by atoms with Gasteiger partial charge < -0.3 is 10.2 Å². The van der Waals surface area contributed by atoms with Crippen molar-refractivity contribution in [2.45, 2.75) is 26.8 Å². The molecule has 17 heavy (non-hydrogen) atoms. The molecule has 0 saturated heterocycles. The van der Waals surface area contributed by atoms with Crippen LogP contribution in [-0.4, -0.2) is 41.5 Å². The molecule has 1 N–H and O–H groups in total. The molecule has 0 amide bonds. The van der Waals surface area contributed by atoms with Crippen LogP contribution in [0.4, 0.5) is 5.95 Å². The molecule has 1 unspecified atom stereocenters. The maximum Gasteiger partial charge on any atom is 0.222 e. The van der Waals surface area contributed by atoms with E-state index in [1.165, 1.54) is 0 Å². The minimum Gasteiger partial charge on any atom is -0.351 e. The third-order valence-corrected chi connectivity index (χ3v) is 3.06. The molecule has 1 aromatic rings. The van der Waals surface area contributed by atoms with Gasteiger partial charge in [-0.3, -0.25) is 0 Å². The molecule has 0 spiro atoms. The Morgan fingerprint density at radius 3 is 2.35 bits per heavy atom. The molecular formula is C12H21ClN4. The zero-order valence-electron chi connectivity index (χ0n) is 11.2. The molecular weight excluding hydrogens is 236 g/mol. The summed E-state index contributed by atoms with van der Waals surface area (Å²) < 4.78 is 0. The van der Waals surface area contributed by atoms with E-state index in [1.54, 1.807) is 12.4 Å². The van der Waals surface area contributed by atoms with Gasteiger partial charge in [0.1, 0.15) is 0 Å². The highest BCUT2D eigenvalue weighted by atomic mass is 35.5. The molecule has 4 nitrogen and oxygen atoms in total. The fourth-order valence-corrected chi connectivity index (χ4v) is 1.83. The molecule has 1 rings (SSSR count). The quantitative estimate of drug-likeness (QED) is 0.879. The minimum absolute atomic E-state index is 0.131. The molecule has 1 aromatic heterocycles. The Bertz CT molecular complexity index is 348.